The average Bonchev–Trinajstić information content (AvgIpc) is 2.83. The minimum Gasteiger partial charge on any atom is -0.472 e. The maximum atomic E-state index is 14.4. The van der Waals surface area contributed by atoms with Crippen LogP contribution in [0.3, 0.4) is 0 Å². The first-order chi connectivity index (χ1) is 17.5. The lowest BCUT2D eigenvalue weighted by atomic mass is 9.91. The zero-order valence-corrected chi connectivity index (χ0v) is 21.3. The van der Waals surface area contributed by atoms with Crippen molar-refractivity contribution in [2.24, 2.45) is 10.1 Å². The van der Waals surface area contributed by atoms with Crippen molar-refractivity contribution in [2.45, 2.75) is 43.5 Å². The van der Waals surface area contributed by atoms with Gasteiger partial charge in [0.25, 0.3) is 15.9 Å². The summed E-state index contributed by atoms with van der Waals surface area (Å²) in [5, 5.41) is 8.43. The summed E-state index contributed by atoms with van der Waals surface area (Å²) in [5.41, 5.74) is 6.58. The molecule has 0 radical (unpaired) electrons. The summed E-state index contributed by atoms with van der Waals surface area (Å²) in [6.45, 7) is 3.14. The maximum Gasteiger partial charge on any atom is 0.267 e. The Kier molecular flexibility index (Phi) is 7.42. The third-order valence-corrected chi connectivity index (χ3v) is 8.24. The molecule has 0 fully saturated rings. The lowest BCUT2D eigenvalue weighted by Gasteiger charge is -2.38. The molecule has 0 aliphatic carbocycles. The molecular formula is C27H28FN3O5S. The van der Waals surface area contributed by atoms with Gasteiger partial charge in [0, 0.05) is 19.2 Å². The first kappa shape index (κ1) is 26.4. The Balaban J connectivity index is 1.63. The summed E-state index contributed by atoms with van der Waals surface area (Å²) >= 11 is 0. The number of pyridine rings is 1. The standard InChI is InChI=1S/C27H28FN3O5S/c1-27(2)25(18-9-7-17(8-10-18)19-11-13-30-23(15-19)26(29)33)37(34,35)31-24(36-27)16-20(12-14-32)21-5-3-4-6-22(21)28/h3-11,13,15,20,25,32H,12,14,16H2,1-2H3,(H2,29,33)/t20-,25-/m1/s1. The fraction of sp³-hybridized carbons (Fsp3) is 0.296. The quantitative estimate of drug-likeness (QED) is 0.455. The van der Waals surface area contributed by atoms with E-state index in [1.165, 1.54) is 12.3 Å². The van der Waals surface area contributed by atoms with Crippen molar-refractivity contribution in [3.05, 3.63) is 89.5 Å². The van der Waals surface area contributed by atoms with Crippen LogP contribution < -0.4 is 5.73 Å². The number of amides is 1. The molecule has 0 spiro atoms. The number of carbonyl (C=O) groups excluding carboxylic acids is 1. The van der Waals surface area contributed by atoms with Crippen LogP contribution in [0.4, 0.5) is 4.39 Å². The highest BCUT2D eigenvalue weighted by Gasteiger charge is 2.47. The highest BCUT2D eigenvalue weighted by atomic mass is 32.2. The van der Waals surface area contributed by atoms with E-state index >= 15 is 0 Å². The molecule has 0 unspecified atom stereocenters. The molecule has 3 aromatic rings. The molecule has 8 nitrogen and oxygen atoms in total. The van der Waals surface area contributed by atoms with E-state index in [1.54, 1.807) is 68.4 Å². The van der Waals surface area contributed by atoms with Gasteiger partial charge >= 0.3 is 0 Å². The number of aliphatic hydroxyl groups is 1. The summed E-state index contributed by atoms with van der Waals surface area (Å²) in [5.74, 6) is -1.60. The normalized spacial score (nSPS) is 18.9. The second-order valence-electron chi connectivity index (χ2n) is 9.44. The van der Waals surface area contributed by atoms with Crippen LogP contribution >= 0.6 is 0 Å². The van der Waals surface area contributed by atoms with Crippen molar-refractivity contribution in [1.29, 1.82) is 0 Å². The van der Waals surface area contributed by atoms with Gasteiger partial charge in [-0.1, -0.05) is 42.5 Å². The van der Waals surface area contributed by atoms with E-state index < -0.39 is 38.5 Å². The van der Waals surface area contributed by atoms with Crippen LogP contribution in [0, 0.1) is 5.82 Å². The third kappa shape index (κ3) is 5.70. The Morgan fingerprint density at radius 2 is 1.84 bits per heavy atom. The number of aromatic nitrogens is 1. The molecule has 2 aromatic carbocycles. The number of nitrogens with zero attached hydrogens (tertiary/aromatic N) is 2. The van der Waals surface area contributed by atoms with Gasteiger partial charge in [0.15, 0.2) is 0 Å². The Labute approximate surface area is 215 Å². The summed E-state index contributed by atoms with van der Waals surface area (Å²) in [7, 11) is -4.05. The number of hydrogen-bond donors (Lipinski definition) is 2. The number of rotatable bonds is 8. The van der Waals surface area contributed by atoms with E-state index in [4.69, 9.17) is 10.5 Å². The Morgan fingerprint density at radius 1 is 1.14 bits per heavy atom. The number of aliphatic hydroxyl groups excluding tert-OH is 1. The van der Waals surface area contributed by atoms with E-state index in [1.807, 2.05) is 0 Å². The number of halogens is 1. The van der Waals surface area contributed by atoms with Gasteiger partial charge in [-0.15, -0.1) is 4.40 Å². The molecule has 1 amide bonds. The lowest BCUT2D eigenvalue weighted by Crippen LogP contribution is -2.43. The van der Waals surface area contributed by atoms with Gasteiger partial charge in [0.2, 0.25) is 5.90 Å². The Bertz CT molecular complexity index is 1440. The van der Waals surface area contributed by atoms with Crippen molar-refractivity contribution in [3.63, 3.8) is 0 Å². The van der Waals surface area contributed by atoms with Crippen molar-refractivity contribution in [1.82, 2.24) is 4.98 Å². The third-order valence-electron chi connectivity index (χ3n) is 6.34. The number of hydrogen-bond acceptors (Lipinski definition) is 6. The van der Waals surface area contributed by atoms with Crippen LogP contribution in [0.15, 0.2) is 71.3 Å². The van der Waals surface area contributed by atoms with Crippen LogP contribution in [0.25, 0.3) is 11.1 Å². The van der Waals surface area contributed by atoms with E-state index in [0.29, 0.717) is 16.7 Å². The SMILES string of the molecule is CC1(C)OC(C[C@@H](CCO)c2ccccc2F)=NS(=O)(=O)[C@@H]1c1ccc(-c2ccnc(C(N)=O)c2)cc1. The molecule has 1 aliphatic rings. The van der Waals surface area contributed by atoms with Crippen molar-refractivity contribution >= 4 is 21.8 Å². The average molecular weight is 526 g/mol. The van der Waals surface area contributed by atoms with E-state index in [9.17, 15) is 22.7 Å². The molecule has 2 heterocycles. The summed E-state index contributed by atoms with van der Waals surface area (Å²) < 4.78 is 51.2. The van der Waals surface area contributed by atoms with Gasteiger partial charge in [0.1, 0.15) is 22.4 Å². The van der Waals surface area contributed by atoms with Crippen LogP contribution in [-0.2, 0) is 14.8 Å². The topological polar surface area (TPSA) is 132 Å². The van der Waals surface area contributed by atoms with Gasteiger partial charge < -0.3 is 15.6 Å². The van der Waals surface area contributed by atoms with Crippen molar-refractivity contribution < 1.29 is 27.4 Å². The highest BCUT2D eigenvalue weighted by molar-refractivity contribution is 7.90. The molecule has 0 saturated carbocycles. The maximum absolute atomic E-state index is 14.4. The van der Waals surface area contributed by atoms with Crippen molar-refractivity contribution in [2.75, 3.05) is 6.61 Å². The van der Waals surface area contributed by atoms with Gasteiger partial charge in [0.05, 0.1) is 0 Å². The summed E-state index contributed by atoms with van der Waals surface area (Å²) in [6, 6.07) is 16.3. The number of benzene rings is 2. The van der Waals surface area contributed by atoms with Crippen LogP contribution in [0.2, 0.25) is 0 Å². The zero-order valence-electron chi connectivity index (χ0n) is 20.5. The smallest absolute Gasteiger partial charge is 0.267 e. The molecule has 3 N–H and O–H groups in total. The lowest BCUT2D eigenvalue weighted by molar-refractivity contribution is 0.0797. The molecule has 2 atom stereocenters. The molecule has 1 aromatic heterocycles. The van der Waals surface area contributed by atoms with Gasteiger partial charge in [-0.25, -0.2) is 12.8 Å². The van der Waals surface area contributed by atoms with Gasteiger partial charge in [-0.2, -0.15) is 0 Å². The Hall–Kier alpha value is -3.63. The summed E-state index contributed by atoms with van der Waals surface area (Å²) in [6.07, 6.45) is 1.73. The zero-order chi connectivity index (χ0) is 26.8. The fourth-order valence-electron chi connectivity index (χ4n) is 4.72. The first-order valence-electron chi connectivity index (χ1n) is 11.7. The Morgan fingerprint density at radius 3 is 2.46 bits per heavy atom. The van der Waals surface area contributed by atoms with Crippen molar-refractivity contribution in [3.8, 4) is 11.1 Å². The highest BCUT2D eigenvalue weighted by Crippen LogP contribution is 2.42. The molecular weight excluding hydrogens is 497 g/mol. The minimum absolute atomic E-state index is 0.0182. The van der Waals surface area contributed by atoms with Gasteiger partial charge in [-0.3, -0.25) is 9.78 Å². The number of sulfonamides is 1. The molecule has 0 saturated heterocycles. The second-order valence-corrected chi connectivity index (χ2v) is 11.1. The minimum atomic E-state index is -4.05. The molecule has 10 heteroatoms. The summed E-state index contributed by atoms with van der Waals surface area (Å²) in [4.78, 5) is 15.4. The monoisotopic (exact) mass is 525 g/mol. The number of carbonyl (C=O) groups is 1. The van der Waals surface area contributed by atoms with Crippen LogP contribution in [0.1, 0.15) is 59.5 Å². The fourth-order valence-corrected chi connectivity index (χ4v) is 6.48. The second kappa shape index (κ2) is 10.4. The predicted molar refractivity (Wildman–Crippen MR) is 138 cm³/mol. The van der Waals surface area contributed by atoms with Gasteiger partial charge in [-0.05, 0) is 66.6 Å². The number of primary amides is 1. The molecule has 0 bridgehead atoms. The van der Waals surface area contributed by atoms with Crippen LogP contribution in [0.5, 0.6) is 0 Å². The largest absolute Gasteiger partial charge is 0.472 e. The van der Waals surface area contributed by atoms with E-state index in [2.05, 4.69) is 9.38 Å². The first-order valence-corrected chi connectivity index (χ1v) is 13.3. The molecule has 1 aliphatic heterocycles. The number of ether oxygens (including phenoxy) is 1. The molecule has 194 valence electrons. The molecule has 4 rings (SSSR count). The predicted octanol–water partition coefficient (Wildman–Crippen LogP) is 4.12. The van der Waals surface area contributed by atoms with E-state index in [0.717, 1.165) is 5.56 Å². The van der Waals surface area contributed by atoms with Crippen LogP contribution in [-0.4, -0.2) is 42.5 Å². The number of nitrogens with two attached hydrogens (primary N) is 1. The molecule has 37 heavy (non-hydrogen) atoms. The van der Waals surface area contributed by atoms with E-state index in [-0.39, 0.29) is 31.0 Å².